The molecule has 0 spiro atoms. The first-order chi connectivity index (χ1) is 17.3. The second kappa shape index (κ2) is 14.3. The molecule has 1 heterocycles. The van der Waals surface area contributed by atoms with Gasteiger partial charge in [0.25, 0.3) is 0 Å². The Balaban J connectivity index is 0.00000253. The monoisotopic (exact) mass is 567 g/mol. The maximum absolute atomic E-state index is 14.0. The lowest BCUT2D eigenvalue weighted by Gasteiger charge is -2.47. The summed E-state index contributed by atoms with van der Waals surface area (Å²) in [6.45, 7) is 5.93. The Morgan fingerprint density at radius 2 is 1.97 bits per heavy atom. The number of aromatic nitrogens is 2. The number of rotatable bonds is 11. The molecule has 9 heteroatoms. The zero-order chi connectivity index (χ0) is 25.7. The number of nitrogens with one attached hydrogen (secondary N) is 1. The lowest BCUT2D eigenvalue weighted by atomic mass is 9.65. The van der Waals surface area contributed by atoms with Crippen molar-refractivity contribution in [2.24, 2.45) is 5.92 Å². The predicted octanol–water partition coefficient (Wildman–Crippen LogP) is 6.11. The van der Waals surface area contributed by atoms with Gasteiger partial charge in [0.1, 0.15) is 23.8 Å². The second-order valence-corrected chi connectivity index (χ2v) is 10.4. The van der Waals surface area contributed by atoms with Gasteiger partial charge in [0.05, 0.1) is 11.0 Å². The van der Waals surface area contributed by atoms with E-state index in [4.69, 9.17) is 9.47 Å². The molecule has 38 heavy (non-hydrogen) atoms. The molecule has 3 aromatic rings. The number of H-pyrrole nitrogens is 1. The lowest BCUT2D eigenvalue weighted by Crippen LogP contribution is -2.49. The number of fused-ring (bicyclic) bond motifs is 2. The summed E-state index contributed by atoms with van der Waals surface area (Å²) >= 11 is 0. The predicted molar refractivity (Wildman–Crippen MR) is 154 cm³/mol. The van der Waals surface area contributed by atoms with Crippen LogP contribution in [-0.2, 0) is 27.1 Å². The number of hydrogen-bond acceptors (Lipinski definition) is 5. The van der Waals surface area contributed by atoms with Crippen molar-refractivity contribution in [1.29, 1.82) is 0 Å². The van der Waals surface area contributed by atoms with Crippen LogP contribution in [0.4, 0.5) is 4.39 Å². The fourth-order valence-corrected chi connectivity index (χ4v) is 5.80. The Kier molecular flexibility index (Phi) is 12.0. The molecule has 6 nitrogen and oxygen atoms in total. The molecule has 1 aromatic heterocycles. The maximum atomic E-state index is 14.0. The third-order valence-corrected chi connectivity index (χ3v) is 7.38. The van der Waals surface area contributed by atoms with Crippen molar-refractivity contribution in [3.63, 3.8) is 0 Å². The smallest absolute Gasteiger partial charge is 0.332 e. The van der Waals surface area contributed by atoms with E-state index in [1.807, 2.05) is 30.3 Å². The summed E-state index contributed by atoms with van der Waals surface area (Å²) in [6.07, 6.45) is 3.92. The van der Waals surface area contributed by atoms with Crippen molar-refractivity contribution in [1.82, 2.24) is 14.9 Å². The van der Waals surface area contributed by atoms with Crippen LogP contribution in [0, 0.1) is 11.7 Å². The van der Waals surface area contributed by atoms with E-state index in [-0.39, 0.29) is 55.0 Å². The number of nitrogens with zero attached hydrogens (tertiary/aromatic N) is 2. The molecule has 1 aliphatic carbocycles. The van der Waals surface area contributed by atoms with Gasteiger partial charge in [-0.3, -0.25) is 0 Å². The summed E-state index contributed by atoms with van der Waals surface area (Å²) in [6, 6.07) is 13.1. The van der Waals surface area contributed by atoms with E-state index in [2.05, 4.69) is 35.8 Å². The third-order valence-electron chi connectivity index (χ3n) is 7.38. The Bertz CT molecular complexity index is 1160. The minimum absolute atomic E-state index is 0. The standard InChI is InChI=1S/C29H38FN3O3.2ClH/c1-20(2)28-23-12-11-22(30)18-21(23)13-14-29(28,36-27(34)19-35-4)15-17-33(3)16-7-10-26-31-24-8-5-6-9-25(24)32-26;;/h5-6,8-9,11-12,18,20,28H,7,10,13-17,19H2,1-4H3,(H,31,32);2*1H/t28-,29-;;/m1../s1. The topological polar surface area (TPSA) is 67.5 Å². The van der Waals surface area contributed by atoms with Crippen molar-refractivity contribution in [2.45, 2.75) is 57.5 Å². The second-order valence-electron chi connectivity index (χ2n) is 10.4. The van der Waals surface area contributed by atoms with Gasteiger partial charge in [-0.05, 0) is 74.2 Å². The molecule has 0 saturated heterocycles. The van der Waals surface area contributed by atoms with Crippen molar-refractivity contribution in [3.05, 3.63) is 65.2 Å². The molecule has 0 saturated carbocycles. The maximum Gasteiger partial charge on any atom is 0.332 e. The molecule has 0 radical (unpaired) electrons. The van der Waals surface area contributed by atoms with Crippen LogP contribution >= 0.6 is 24.8 Å². The molecule has 4 rings (SSSR count). The van der Waals surface area contributed by atoms with E-state index in [0.29, 0.717) is 19.3 Å². The van der Waals surface area contributed by atoms with Gasteiger partial charge in [-0.2, -0.15) is 0 Å². The van der Waals surface area contributed by atoms with Crippen LogP contribution in [-0.4, -0.2) is 60.3 Å². The summed E-state index contributed by atoms with van der Waals surface area (Å²) < 4.78 is 25.3. The number of carbonyl (C=O) groups is 1. The van der Waals surface area contributed by atoms with Crippen LogP contribution in [0.15, 0.2) is 42.5 Å². The number of esters is 1. The highest BCUT2D eigenvalue weighted by Crippen LogP contribution is 2.48. The first kappa shape index (κ1) is 32.0. The summed E-state index contributed by atoms with van der Waals surface area (Å²) in [5.41, 5.74) is 3.53. The first-order valence-electron chi connectivity index (χ1n) is 12.9. The van der Waals surface area contributed by atoms with Crippen molar-refractivity contribution in [3.8, 4) is 0 Å². The van der Waals surface area contributed by atoms with E-state index in [1.165, 1.54) is 13.2 Å². The zero-order valence-electron chi connectivity index (χ0n) is 22.7. The number of methoxy groups -OCH3 is 1. The quantitative estimate of drug-likeness (QED) is 0.283. The summed E-state index contributed by atoms with van der Waals surface area (Å²) in [5.74, 6) is 0.658. The average molecular weight is 569 g/mol. The minimum Gasteiger partial charge on any atom is -0.457 e. The molecular weight excluding hydrogens is 528 g/mol. The van der Waals surface area contributed by atoms with Gasteiger partial charge in [-0.25, -0.2) is 14.2 Å². The summed E-state index contributed by atoms with van der Waals surface area (Å²) in [5, 5.41) is 0. The third kappa shape index (κ3) is 7.47. The Morgan fingerprint density at radius 1 is 1.21 bits per heavy atom. The average Bonchev–Trinajstić information content (AvgIpc) is 3.25. The van der Waals surface area contributed by atoms with Crippen molar-refractivity contribution in [2.75, 3.05) is 33.9 Å². The molecule has 2 aromatic carbocycles. The van der Waals surface area contributed by atoms with E-state index in [0.717, 1.165) is 53.9 Å². The number of halogens is 3. The van der Waals surface area contributed by atoms with Crippen molar-refractivity contribution >= 4 is 41.8 Å². The number of aromatic amines is 1. The fourth-order valence-electron chi connectivity index (χ4n) is 5.80. The fraction of sp³-hybridized carbons (Fsp3) is 0.517. The number of aryl methyl sites for hydroxylation is 2. The highest BCUT2D eigenvalue weighted by Gasteiger charge is 2.47. The van der Waals surface area contributed by atoms with E-state index < -0.39 is 5.60 Å². The van der Waals surface area contributed by atoms with Gasteiger partial charge in [-0.15, -0.1) is 24.8 Å². The highest BCUT2D eigenvalue weighted by molar-refractivity contribution is 5.85. The van der Waals surface area contributed by atoms with Crippen molar-refractivity contribution < 1.29 is 18.7 Å². The minimum atomic E-state index is -0.651. The Morgan fingerprint density at radius 3 is 2.68 bits per heavy atom. The van der Waals surface area contributed by atoms with Crippen LogP contribution in [0.5, 0.6) is 0 Å². The SMILES string of the molecule is COCC(=O)O[C@@]1(CCN(C)CCCc2nc3ccccc3[nH]2)CCc2cc(F)ccc2[C@H]1C(C)C.Cl.Cl. The Labute approximate surface area is 237 Å². The zero-order valence-corrected chi connectivity index (χ0v) is 24.3. The normalized spacial score (nSPS) is 18.7. The number of hydrogen-bond donors (Lipinski definition) is 1. The number of benzene rings is 2. The molecular formula is C29H40Cl2FN3O3. The van der Waals surface area contributed by atoms with Gasteiger partial charge < -0.3 is 19.4 Å². The Hall–Kier alpha value is -2.19. The van der Waals surface area contributed by atoms with Crippen LogP contribution in [0.25, 0.3) is 11.0 Å². The number of ether oxygens (including phenoxy) is 2. The molecule has 0 fully saturated rings. The molecule has 0 bridgehead atoms. The molecule has 0 amide bonds. The van der Waals surface area contributed by atoms with Crippen LogP contribution < -0.4 is 0 Å². The van der Waals surface area contributed by atoms with Gasteiger partial charge in [-0.1, -0.05) is 32.0 Å². The number of carbonyl (C=O) groups excluding carboxylic acids is 1. The van der Waals surface area contributed by atoms with Gasteiger partial charge in [0.2, 0.25) is 0 Å². The molecule has 1 N–H and O–H groups in total. The van der Waals surface area contributed by atoms with E-state index in [9.17, 15) is 9.18 Å². The summed E-state index contributed by atoms with van der Waals surface area (Å²) in [7, 11) is 3.61. The van der Waals surface area contributed by atoms with E-state index in [1.54, 1.807) is 6.07 Å². The molecule has 0 unspecified atom stereocenters. The lowest BCUT2D eigenvalue weighted by molar-refractivity contribution is -0.172. The molecule has 2 atom stereocenters. The number of para-hydroxylation sites is 2. The van der Waals surface area contributed by atoms with Gasteiger partial charge >= 0.3 is 5.97 Å². The van der Waals surface area contributed by atoms with Crippen LogP contribution in [0.3, 0.4) is 0 Å². The molecule has 210 valence electrons. The van der Waals surface area contributed by atoms with Crippen LogP contribution in [0.1, 0.15) is 56.0 Å². The number of imidazole rings is 1. The molecule has 0 aliphatic heterocycles. The first-order valence-corrected chi connectivity index (χ1v) is 12.9. The van der Waals surface area contributed by atoms with Gasteiger partial charge in [0.15, 0.2) is 0 Å². The summed E-state index contributed by atoms with van der Waals surface area (Å²) in [4.78, 5) is 23.0. The molecule has 1 aliphatic rings. The van der Waals surface area contributed by atoms with Gasteiger partial charge in [0, 0.05) is 32.4 Å². The highest BCUT2D eigenvalue weighted by atomic mass is 35.5. The van der Waals surface area contributed by atoms with Crippen LogP contribution in [0.2, 0.25) is 0 Å². The van der Waals surface area contributed by atoms with E-state index >= 15 is 0 Å². The largest absolute Gasteiger partial charge is 0.457 e.